The highest BCUT2D eigenvalue weighted by Crippen LogP contribution is 2.10. The average Bonchev–Trinajstić information content (AvgIpc) is 2.62. The Balaban J connectivity index is 2.03. The first-order chi connectivity index (χ1) is 11.4. The van der Waals surface area contributed by atoms with Gasteiger partial charge in [0.1, 0.15) is 6.29 Å². The zero-order valence-electron chi connectivity index (χ0n) is 13.3. The van der Waals surface area contributed by atoms with Crippen LogP contribution in [0.4, 0.5) is 0 Å². The molecule has 1 aliphatic rings. The van der Waals surface area contributed by atoms with Crippen LogP contribution < -0.4 is 0 Å². The van der Waals surface area contributed by atoms with E-state index in [0.29, 0.717) is 0 Å². The average molecular weight is 309 g/mol. The lowest BCUT2D eigenvalue weighted by molar-refractivity contribution is -0.104. The Morgan fingerprint density at radius 1 is 0.913 bits per heavy atom. The highest BCUT2D eigenvalue weighted by Gasteiger charge is 2.16. The molecule has 3 nitrogen and oxygen atoms in total. The van der Waals surface area contributed by atoms with E-state index in [-0.39, 0.29) is 6.04 Å². The first-order valence-electron chi connectivity index (χ1n) is 7.90. The lowest BCUT2D eigenvalue weighted by Gasteiger charge is -2.31. The Kier molecular flexibility index (Phi) is 7.81. The van der Waals surface area contributed by atoms with E-state index in [9.17, 15) is 4.79 Å². The molecule has 1 fully saturated rings. The third-order valence-corrected chi connectivity index (χ3v) is 3.58. The molecular weight excluding hydrogens is 286 g/mol. The molecule has 0 N–H and O–H groups in total. The molecule has 0 amide bonds. The molecule has 0 spiro atoms. The fourth-order valence-corrected chi connectivity index (χ4v) is 2.37. The first kappa shape index (κ1) is 17.1. The smallest absolute Gasteiger partial charge is 0.142 e. The molecule has 2 rings (SSSR count). The zero-order chi connectivity index (χ0) is 16.2. The molecular formula is C20H23NO2. The molecule has 1 saturated heterocycles. The van der Waals surface area contributed by atoms with Crippen LogP contribution in [0.2, 0.25) is 0 Å². The molecule has 0 radical (unpaired) electrons. The lowest BCUT2D eigenvalue weighted by atomic mass is 10.1. The van der Waals surface area contributed by atoms with Gasteiger partial charge in [-0.15, -0.1) is 0 Å². The molecule has 23 heavy (non-hydrogen) atoms. The quantitative estimate of drug-likeness (QED) is 0.440. The molecule has 1 atom stereocenters. The molecule has 0 aliphatic carbocycles. The third kappa shape index (κ3) is 6.59. The monoisotopic (exact) mass is 309 g/mol. The standard InChI is InChI=1S/C20H23NO2/c22-16-8-3-1-2-7-11-20(21-14-17-23-18-15-21)13-12-19-9-5-4-6-10-19/h1-13,16,20H,14-15,17-18H2/b2-1-,8-3+,11-7+,13-12-. The Bertz CT molecular complexity index is 567. The Morgan fingerprint density at radius 3 is 2.35 bits per heavy atom. The van der Waals surface area contributed by atoms with Crippen molar-refractivity contribution in [1.82, 2.24) is 4.90 Å². The number of aldehydes is 1. The molecule has 1 aromatic rings. The summed E-state index contributed by atoms with van der Waals surface area (Å²) in [6.45, 7) is 3.43. The number of rotatable bonds is 7. The van der Waals surface area contributed by atoms with Crippen molar-refractivity contribution in [2.75, 3.05) is 26.3 Å². The van der Waals surface area contributed by atoms with Gasteiger partial charge in [0.2, 0.25) is 0 Å². The van der Waals surface area contributed by atoms with Crippen LogP contribution in [-0.2, 0) is 9.53 Å². The molecule has 1 unspecified atom stereocenters. The minimum Gasteiger partial charge on any atom is -0.379 e. The second kappa shape index (κ2) is 10.5. The number of hydrogen-bond donors (Lipinski definition) is 0. The molecule has 0 bridgehead atoms. The molecule has 120 valence electrons. The van der Waals surface area contributed by atoms with Gasteiger partial charge in [-0.2, -0.15) is 0 Å². The summed E-state index contributed by atoms with van der Waals surface area (Å²) in [5.74, 6) is 0. The van der Waals surface area contributed by atoms with Crippen LogP contribution in [0.5, 0.6) is 0 Å². The summed E-state index contributed by atoms with van der Waals surface area (Å²) < 4.78 is 5.44. The summed E-state index contributed by atoms with van der Waals surface area (Å²) in [5.41, 5.74) is 1.20. The van der Waals surface area contributed by atoms with Crippen LogP contribution >= 0.6 is 0 Å². The second-order valence-electron chi connectivity index (χ2n) is 5.20. The number of hydrogen-bond acceptors (Lipinski definition) is 3. The number of morpholine rings is 1. The maximum absolute atomic E-state index is 10.2. The summed E-state index contributed by atoms with van der Waals surface area (Å²) in [4.78, 5) is 12.6. The molecule has 1 aliphatic heterocycles. The van der Waals surface area contributed by atoms with Gasteiger partial charge in [-0.25, -0.2) is 0 Å². The van der Waals surface area contributed by atoms with Crippen LogP contribution in [-0.4, -0.2) is 43.5 Å². The van der Waals surface area contributed by atoms with Gasteiger partial charge in [0.05, 0.1) is 13.2 Å². The van der Waals surface area contributed by atoms with Gasteiger partial charge in [0.25, 0.3) is 0 Å². The van der Waals surface area contributed by atoms with Crippen LogP contribution in [0.25, 0.3) is 6.08 Å². The summed E-state index contributed by atoms with van der Waals surface area (Å²) in [6, 6.07) is 10.5. The predicted molar refractivity (Wildman–Crippen MR) is 95.1 cm³/mol. The van der Waals surface area contributed by atoms with Crippen LogP contribution in [0.3, 0.4) is 0 Å². The van der Waals surface area contributed by atoms with E-state index in [1.54, 1.807) is 6.08 Å². The first-order valence-corrected chi connectivity index (χ1v) is 7.90. The Morgan fingerprint density at radius 2 is 1.61 bits per heavy atom. The van der Waals surface area contributed by atoms with Crippen molar-refractivity contribution in [2.24, 2.45) is 0 Å². The highest BCUT2D eigenvalue weighted by molar-refractivity contribution is 5.65. The van der Waals surface area contributed by atoms with E-state index in [4.69, 9.17) is 4.74 Å². The van der Waals surface area contributed by atoms with Gasteiger partial charge in [-0.05, 0) is 11.6 Å². The largest absolute Gasteiger partial charge is 0.379 e. The summed E-state index contributed by atoms with van der Waals surface area (Å²) in [5, 5.41) is 0. The Hall–Kier alpha value is -2.23. The van der Waals surface area contributed by atoms with Crippen molar-refractivity contribution >= 4 is 12.4 Å². The van der Waals surface area contributed by atoms with Crippen molar-refractivity contribution in [2.45, 2.75) is 6.04 Å². The molecule has 3 heteroatoms. The van der Waals surface area contributed by atoms with Crippen molar-refractivity contribution in [3.63, 3.8) is 0 Å². The number of carbonyl (C=O) groups excluding carboxylic acids is 1. The van der Waals surface area contributed by atoms with Crippen molar-refractivity contribution in [3.8, 4) is 0 Å². The summed E-state index contributed by atoms with van der Waals surface area (Å²) in [6.07, 6.45) is 16.3. The zero-order valence-corrected chi connectivity index (χ0v) is 13.3. The highest BCUT2D eigenvalue weighted by atomic mass is 16.5. The molecule has 1 heterocycles. The maximum atomic E-state index is 10.2. The van der Waals surface area contributed by atoms with Crippen molar-refractivity contribution < 1.29 is 9.53 Å². The fourth-order valence-electron chi connectivity index (χ4n) is 2.37. The topological polar surface area (TPSA) is 29.5 Å². The van der Waals surface area contributed by atoms with E-state index in [1.165, 1.54) is 11.6 Å². The molecule has 1 aromatic carbocycles. The van der Waals surface area contributed by atoms with Gasteiger partial charge < -0.3 is 4.74 Å². The van der Waals surface area contributed by atoms with Gasteiger partial charge in [0.15, 0.2) is 0 Å². The van der Waals surface area contributed by atoms with Crippen LogP contribution in [0, 0.1) is 0 Å². The SMILES string of the molecule is O=C/C=C/C=C\C=C\C(/C=C\c1ccccc1)N1CCOCC1. The number of nitrogens with zero attached hydrogens (tertiary/aromatic N) is 1. The normalized spacial score (nSPS) is 18.4. The van der Waals surface area contributed by atoms with Crippen molar-refractivity contribution in [3.05, 3.63) is 78.4 Å². The third-order valence-electron chi connectivity index (χ3n) is 3.58. The number of allylic oxidation sites excluding steroid dienone is 5. The molecule has 0 saturated carbocycles. The van der Waals surface area contributed by atoms with E-state index in [1.807, 2.05) is 36.4 Å². The van der Waals surface area contributed by atoms with E-state index in [0.717, 1.165) is 32.6 Å². The molecule has 0 aromatic heterocycles. The second-order valence-corrected chi connectivity index (χ2v) is 5.20. The van der Waals surface area contributed by atoms with E-state index < -0.39 is 0 Å². The minimum atomic E-state index is 0.235. The number of carbonyl (C=O) groups is 1. The number of ether oxygens (including phenoxy) is 1. The maximum Gasteiger partial charge on any atom is 0.142 e. The van der Waals surface area contributed by atoms with Crippen molar-refractivity contribution in [1.29, 1.82) is 0 Å². The number of benzene rings is 1. The lowest BCUT2D eigenvalue weighted by Crippen LogP contribution is -2.41. The predicted octanol–water partition coefficient (Wildman–Crippen LogP) is 3.27. The van der Waals surface area contributed by atoms with E-state index in [2.05, 4.69) is 35.3 Å². The van der Waals surface area contributed by atoms with Crippen LogP contribution in [0.15, 0.2) is 72.9 Å². The Labute approximate surface area is 138 Å². The van der Waals surface area contributed by atoms with E-state index >= 15 is 0 Å². The van der Waals surface area contributed by atoms with Gasteiger partial charge in [-0.1, -0.05) is 72.9 Å². The minimum absolute atomic E-state index is 0.235. The van der Waals surface area contributed by atoms with Gasteiger partial charge in [0, 0.05) is 19.1 Å². The fraction of sp³-hybridized carbons (Fsp3) is 0.250. The summed E-state index contributed by atoms with van der Waals surface area (Å²) >= 11 is 0. The van der Waals surface area contributed by atoms with Gasteiger partial charge in [-0.3, -0.25) is 9.69 Å². The van der Waals surface area contributed by atoms with Gasteiger partial charge >= 0.3 is 0 Å². The summed E-state index contributed by atoms with van der Waals surface area (Å²) in [7, 11) is 0. The van der Waals surface area contributed by atoms with Crippen LogP contribution in [0.1, 0.15) is 5.56 Å².